The summed E-state index contributed by atoms with van der Waals surface area (Å²) in [5, 5.41) is 4.06. The van der Waals surface area contributed by atoms with Gasteiger partial charge in [-0.3, -0.25) is 4.79 Å². The summed E-state index contributed by atoms with van der Waals surface area (Å²) in [6.45, 7) is 6.37. The Balaban J connectivity index is 1.95. The summed E-state index contributed by atoms with van der Waals surface area (Å²) >= 11 is 1.49. The quantitative estimate of drug-likeness (QED) is 0.882. The van der Waals surface area contributed by atoms with Crippen LogP contribution in [0.3, 0.4) is 0 Å². The Morgan fingerprint density at radius 3 is 2.74 bits per heavy atom. The van der Waals surface area contributed by atoms with Crippen LogP contribution in [0.2, 0.25) is 0 Å². The Morgan fingerprint density at radius 1 is 1.47 bits per heavy atom. The average molecular weight is 274 g/mol. The first-order valence-corrected chi connectivity index (χ1v) is 7.30. The second kappa shape index (κ2) is 3.97. The third kappa shape index (κ3) is 2.00. The molecule has 1 atom stereocenters. The number of benzene rings is 1. The summed E-state index contributed by atoms with van der Waals surface area (Å²) in [6, 6.07) is 6.29. The number of rotatable bonds is 2. The molecule has 0 bridgehead atoms. The normalized spacial score (nSPS) is 20.5. The van der Waals surface area contributed by atoms with Gasteiger partial charge in [0.25, 0.3) is 5.91 Å². The highest BCUT2D eigenvalue weighted by molar-refractivity contribution is 7.21. The van der Waals surface area contributed by atoms with E-state index in [0.717, 1.165) is 16.5 Å². The van der Waals surface area contributed by atoms with E-state index in [1.807, 2.05) is 25.1 Å². The molecule has 4 heteroatoms. The van der Waals surface area contributed by atoms with Crippen molar-refractivity contribution in [2.45, 2.75) is 33.2 Å². The van der Waals surface area contributed by atoms with Gasteiger partial charge < -0.3 is 11.1 Å². The van der Waals surface area contributed by atoms with Crippen LogP contribution < -0.4 is 11.1 Å². The van der Waals surface area contributed by atoms with Crippen molar-refractivity contribution in [3.05, 3.63) is 28.6 Å². The second-order valence-electron chi connectivity index (χ2n) is 6.02. The van der Waals surface area contributed by atoms with Crippen molar-refractivity contribution in [1.82, 2.24) is 5.32 Å². The lowest BCUT2D eigenvalue weighted by atomic mass is 10.1. The zero-order valence-corrected chi connectivity index (χ0v) is 12.2. The molecular weight excluding hydrogens is 256 g/mol. The lowest BCUT2D eigenvalue weighted by molar-refractivity contribution is 0.0951. The van der Waals surface area contributed by atoms with E-state index in [4.69, 9.17) is 5.73 Å². The van der Waals surface area contributed by atoms with Crippen LogP contribution in [0, 0.1) is 12.3 Å². The molecular formula is C15H18N2OS. The van der Waals surface area contributed by atoms with Gasteiger partial charge in [0.2, 0.25) is 0 Å². The Morgan fingerprint density at radius 2 is 2.16 bits per heavy atom. The molecule has 19 heavy (non-hydrogen) atoms. The monoisotopic (exact) mass is 274 g/mol. The van der Waals surface area contributed by atoms with Crippen LogP contribution in [-0.4, -0.2) is 11.9 Å². The zero-order valence-electron chi connectivity index (χ0n) is 11.4. The molecule has 3 N–H and O–H groups in total. The van der Waals surface area contributed by atoms with Gasteiger partial charge in [-0.1, -0.05) is 32.0 Å². The first kappa shape index (κ1) is 12.5. The molecule has 1 amide bonds. The number of carbonyl (C=O) groups is 1. The number of carbonyl (C=O) groups excluding carboxylic acids is 1. The largest absolute Gasteiger partial charge is 0.397 e. The number of hydrogen-bond acceptors (Lipinski definition) is 3. The first-order chi connectivity index (χ1) is 8.90. The number of nitrogen functional groups attached to an aromatic ring is 1. The maximum absolute atomic E-state index is 12.3. The van der Waals surface area contributed by atoms with Crippen LogP contribution in [0.15, 0.2) is 18.2 Å². The fourth-order valence-electron chi connectivity index (χ4n) is 2.39. The predicted octanol–water partition coefficient (Wildman–Crippen LogP) is 3.32. The topological polar surface area (TPSA) is 55.1 Å². The summed E-state index contributed by atoms with van der Waals surface area (Å²) in [4.78, 5) is 12.9. The van der Waals surface area contributed by atoms with Crippen LogP contribution >= 0.6 is 11.3 Å². The van der Waals surface area contributed by atoms with E-state index in [2.05, 4.69) is 19.2 Å². The summed E-state index contributed by atoms with van der Waals surface area (Å²) in [7, 11) is 0. The van der Waals surface area contributed by atoms with Crippen molar-refractivity contribution in [3.63, 3.8) is 0 Å². The standard InChI is InChI=1S/C15H18N2OS/c1-8-5-4-6-9-11(16)13(19-12(8)9)14(18)17-10-7-15(10,2)3/h4-6,10H,7,16H2,1-3H3,(H,17,18). The molecule has 0 aliphatic heterocycles. The molecule has 1 aromatic heterocycles. The molecule has 0 saturated heterocycles. The van der Waals surface area contributed by atoms with Crippen LogP contribution in [0.5, 0.6) is 0 Å². The van der Waals surface area contributed by atoms with Crippen molar-refractivity contribution in [3.8, 4) is 0 Å². The number of hydrogen-bond donors (Lipinski definition) is 2. The Kier molecular flexibility index (Phi) is 2.61. The summed E-state index contributed by atoms with van der Waals surface area (Å²) < 4.78 is 1.11. The maximum Gasteiger partial charge on any atom is 0.263 e. The average Bonchev–Trinajstić information content (AvgIpc) is 2.78. The van der Waals surface area contributed by atoms with Gasteiger partial charge in [-0.25, -0.2) is 0 Å². The molecule has 3 rings (SSSR count). The van der Waals surface area contributed by atoms with Gasteiger partial charge in [0.1, 0.15) is 4.88 Å². The number of thiophene rings is 1. The number of nitrogens with one attached hydrogen (secondary N) is 1. The SMILES string of the molecule is Cc1cccc2c(N)c(C(=O)NC3CC3(C)C)sc12. The molecule has 100 valence electrons. The van der Waals surface area contributed by atoms with Crippen molar-refractivity contribution >= 4 is 33.0 Å². The molecule has 1 heterocycles. The minimum atomic E-state index is -0.0336. The molecule has 3 nitrogen and oxygen atoms in total. The van der Waals surface area contributed by atoms with E-state index in [0.29, 0.717) is 10.6 Å². The van der Waals surface area contributed by atoms with Crippen molar-refractivity contribution in [2.24, 2.45) is 5.41 Å². The molecule has 0 spiro atoms. The van der Waals surface area contributed by atoms with Crippen molar-refractivity contribution in [1.29, 1.82) is 0 Å². The number of fused-ring (bicyclic) bond motifs is 1. The van der Waals surface area contributed by atoms with Crippen LogP contribution in [-0.2, 0) is 0 Å². The van der Waals surface area contributed by atoms with E-state index in [-0.39, 0.29) is 17.4 Å². The van der Waals surface area contributed by atoms with E-state index in [1.54, 1.807) is 0 Å². The summed E-state index contributed by atoms with van der Waals surface area (Å²) in [5.41, 5.74) is 8.13. The van der Waals surface area contributed by atoms with Gasteiger partial charge in [-0.2, -0.15) is 0 Å². The molecule has 1 saturated carbocycles. The second-order valence-corrected chi connectivity index (χ2v) is 7.04. The molecule has 0 radical (unpaired) electrons. The molecule has 2 aromatic rings. The Labute approximate surface area is 116 Å². The van der Waals surface area contributed by atoms with E-state index >= 15 is 0 Å². The summed E-state index contributed by atoms with van der Waals surface area (Å²) in [6.07, 6.45) is 1.04. The van der Waals surface area contributed by atoms with Gasteiger partial charge in [-0.15, -0.1) is 11.3 Å². The number of anilines is 1. The highest BCUT2D eigenvalue weighted by Crippen LogP contribution is 2.45. The third-order valence-electron chi connectivity index (χ3n) is 3.98. The lowest BCUT2D eigenvalue weighted by Gasteiger charge is -2.05. The van der Waals surface area contributed by atoms with Gasteiger partial charge in [0, 0.05) is 16.1 Å². The molecule has 1 aliphatic carbocycles. The molecule has 1 fully saturated rings. The van der Waals surface area contributed by atoms with Gasteiger partial charge in [0.15, 0.2) is 0 Å². The highest BCUT2D eigenvalue weighted by Gasteiger charge is 2.46. The Hall–Kier alpha value is -1.55. The molecule has 1 unspecified atom stereocenters. The summed E-state index contributed by atoms with van der Waals surface area (Å²) in [5.74, 6) is -0.0336. The molecule has 1 aromatic carbocycles. The lowest BCUT2D eigenvalue weighted by Crippen LogP contribution is -2.28. The zero-order chi connectivity index (χ0) is 13.8. The van der Waals surface area contributed by atoms with E-state index in [9.17, 15) is 4.79 Å². The van der Waals surface area contributed by atoms with E-state index in [1.165, 1.54) is 16.9 Å². The fraction of sp³-hybridized carbons (Fsp3) is 0.400. The predicted molar refractivity (Wildman–Crippen MR) is 80.6 cm³/mol. The minimum absolute atomic E-state index is 0.0336. The van der Waals surface area contributed by atoms with Gasteiger partial charge in [-0.05, 0) is 24.3 Å². The highest BCUT2D eigenvalue weighted by atomic mass is 32.1. The minimum Gasteiger partial charge on any atom is -0.397 e. The smallest absolute Gasteiger partial charge is 0.263 e. The number of amides is 1. The third-order valence-corrected chi connectivity index (χ3v) is 5.33. The Bertz CT molecular complexity index is 672. The van der Waals surface area contributed by atoms with Crippen molar-refractivity contribution < 1.29 is 4.79 Å². The van der Waals surface area contributed by atoms with Crippen molar-refractivity contribution in [2.75, 3.05) is 5.73 Å². The van der Waals surface area contributed by atoms with Gasteiger partial charge in [0.05, 0.1) is 5.69 Å². The maximum atomic E-state index is 12.3. The van der Waals surface area contributed by atoms with Gasteiger partial charge >= 0.3 is 0 Å². The first-order valence-electron chi connectivity index (χ1n) is 6.48. The molecule has 1 aliphatic rings. The fourth-order valence-corrected chi connectivity index (χ4v) is 3.48. The van der Waals surface area contributed by atoms with Crippen LogP contribution in [0.1, 0.15) is 35.5 Å². The van der Waals surface area contributed by atoms with E-state index < -0.39 is 0 Å². The van der Waals surface area contributed by atoms with Crippen LogP contribution in [0.4, 0.5) is 5.69 Å². The number of nitrogens with two attached hydrogens (primary N) is 1. The number of aryl methyl sites for hydroxylation is 1. The van der Waals surface area contributed by atoms with Crippen LogP contribution in [0.25, 0.3) is 10.1 Å².